The van der Waals surface area contributed by atoms with Crippen LogP contribution in [-0.2, 0) is 0 Å². The van der Waals surface area contributed by atoms with Crippen LogP contribution in [0.25, 0.3) is 10.1 Å². The predicted molar refractivity (Wildman–Crippen MR) is 54.2 cm³/mol. The summed E-state index contributed by atoms with van der Waals surface area (Å²) in [6.07, 6.45) is 0. The van der Waals surface area contributed by atoms with Crippen molar-refractivity contribution in [1.82, 2.24) is 0 Å². The fraction of sp³-hybridized carbons (Fsp3) is 0. The Balaban J connectivity index is 2.94. The summed E-state index contributed by atoms with van der Waals surface area (Å²) in [7, 11) is 0. The molecule has 0 saturated heterocycles. The average Bonchev–Trinajstić information content (AvgIpc) is 2.48. The van der Waals surface area contributed by atoms with E-state index in [0.717, 1.165) is 3.79 Å². The van der Waals surface area contributed by atoms with Gasteiger partial charge in [-0.3, -0.25) is 0 Å². The van der Waals surface area contributed by atoms with E-state index in [9.17, 15) is 4.39 Å². The van der Waals surface area contributed by atoms with Crippen LogP contribution in [0.1, 0.15) is 5.56 Å². The number of fused-ring (bicyclic) bond motifs is 1. The van der Waals surface area contributed by atoms with Crippen LogP contribution < -0.4 is 0 Å². The van der Waals surface area contributed by atoms with E-state index in [-0.39, 0.29) is 5.82 Å². The average molecular weight is 256 g/mol. The second-order valence-corrected chi connectivity index (χ2v) is 4.93. The van der Waals surface area contributed by atoms with Crippen molar-refractivity contribution in [3.05, 3.63) is 33.4 Å². The number of rotatable bonds is 0. The summed E-state index contributed by atoms with van der Waals surface area (Å²) in [4.78, 5) is 0. The molecule has 0 aliphatic carbocycles. The first kappa shape index (κ1) is 8.67. The summed E-state index contributed by atoms with van der Waals surface area (Å²) >= 11 is 4.64. The summed E-state index contributed by atoms with van der Waals surface area (Å²) in [5.41, 5.74) is 0.520. The largest absolute Gasteiger partial charge is 0.206 e. The van der Waals surface area contributed by atoms with E-state index in [0.29, 0.717) is 15.6 Å². The van der Waals surface area contributed by atoms with Gasteiger partial charge >= 0.3 is 0 Å². The van der Waals surface area contributed by atoms with E-state index in [4.69, 9.17) is 5.26 Å². The van der Waals surface area contributed by atoms with Crippen molar-refractivity contribution >= 4 is 37.4 Å². The molecule has 13 heavy (non-hydrogen) atoms. The van der Waals surface area contributed by atoms with Crippen molar-refractivity contribution in [1.29, 1.82) is 5.26 Å². The van der Waals surface area contributed by atoms with Gasteiger partial charge in [0.25, 0.3) is 0 Å². The van der Waals surface area contributed by atoms with Crippen molar-refractivity contribution in [2.24, 2.45) is 0 Å². The van der Waals surface area contributed by atoms with E-state index in [1.165, 1.54) is 23.5 Å². The van der Waals surface area contributed by atoms with Gasteiger partial charge < -0.3 is 0 Å². The second-order valence-electron chi connectivity index (χ2n) is 2.50. The summed E-state index contributed by atoms with van der Waals surface area (Å²) in [6, 6.07) is 6.54. The smallest absolute Gasteiger partial charge is 0.132 e. The summed E-state index contributed by atoms with van der Waals surface area (Å²) in [5, 5.41) is 9.26. The van der Waals surface area contributed by atoms with Crippen LogP contribution in [0.4, 0.5) is 4.39 Å². The SMILES string of the molecule is N#Cc1ccc(F)c2cc(Br)sc12. The highest BCUT2D eigenvalue weighted by molar-refractivity contribution is 9.11. The number of nitrogens with zero attached hydrogens (tertiary/aromatic N) is 1. The van der Waals surface area contributed by atoms with Crippen LogP contribution in [0.2, 0.25) is 0 Å². The second kappa shape index (κ2) is 3.09. The molecule has 2 aromatic rings. The number of nitriles is 1. The number of hydrogen-bond acceptors (Lipinski definition) is 2. The molecular weight excluding hydrogens is 253 g/mol. The molecule has 0 spiro atoms. The van der Waals surface area contributed by atoms with E-state index < -0.39 is 0 Å². The molecule has 2 rings (SSSR count). The Morgan fingerprint density at radius 3 is 2.92 bits per heavy atom. The molecule has 1 heterocycles. The maximum absolute atomic E-state index is 13.2. The molecule has 0 atom stereocenters. The molecule has 1 nitrogen and oxygen atoms in total. The van der Waals surface area contributed by atoms with Gasteiger partial charge in [0, 0.05) is 5.39 Å². The zero-order valence-electron chi connectivity index (χ0n) is 6.34. The zero-order valence-corrected chi connectivity index (χ0v) is 8.75. The molecule has 64 valence electrons. The Morgan fingerprint density at radius 2 is 2.23 bits per heavy atom. The standard InChI is InChI=1S/C9H3BrFNS/c10-8-3-6-7(11)2-1-5(4-12)9(6)13-8/h1-3H. The van der Waals surface area contributed by atoms with Crippen molar-refractivity contribution in [2.45, 2.75) is 0 Å². The topological polar surface area (TPSA) is 23.8 Å². The predicted octanol–water partition coefficient (Wildman–Crippen LogP) is 3.67. The molecule has 0 fully saturated rings. The first-order chi connectivity index (χ1) is 6.22. The molecule has 0 N–H and O–H groups in total. The van der Waals surface area contributed by atoms with Crippen LogP contribution in [0.3, 0.4) is 0 Å². The number of hydrogen-bond donors (Lipinski definition) is 0. The monoisotopic (exact) mass is 255 g/mol. The van der Waals surface area contributed by atoms with Gasteiger partial charge in [-0.2, -0.15) is 5.26 Å². The maximum Gasteiger partial charge on any atom is 0.132 e. The molecular formula is C9H3BrFNS. The summed E-state index contributed by atoms with van der Waals surface area (Å²) in [5.74, 6) is -0.282. The molecule has 4 heteroatoms. The van der Waals surface area contributed by atoms with Gasteiger partial charge in [0.2, 0.25) is 0 Å². The van der Waals surface area contributed by atoms with Gasteiger partial charge in [0.1, 0.15) is 11.9 Å². The zero-order chi connectivity index (χ0) is 9.42. The molecule has 0 aliphatic rings. The Kier molecular flexibility index (Phi) is 2.06. The van der Waals surface area contributed by atoms with Crippen LogP contribution in [0.15, 0.2) is 22.0 Å². The van der Waals surface area contributed by atoms with Gasteiger partial charge in [0.05, 0.1) is 14.0 Å². The molecule has 0 radical (unpaired) electrons. The van der Waals surface area contributed by atoms with Crippen LogP contribution in [-0.4, -0.2) is 0 Å². The van der Waals surface area contributed by atoms with Crippen molar-refractivity contribution in [2.75, 3.05) is 0 Å². The van der Waals surface area contributed by atoms with Gasteiger partial charge in [-0.05, 0) is 34.1 Å². The first-order valence-electron chi connectivity index (χ1n) is 3.50. The first-order valence-corrected chi connectivity index (χ1v) is 5.11. The molecule has 1 aromatic carbocycles. The third-order valence-corrected chi connectivity index (χ3v) is 3.39. The van der Waals surface area contributed by atoms with Crippen LogP contribution in [0.5, 0.6) is 0 Å². The number of benzene rings is 1. The van der Waals surface area contributed by atoms with Crippen molar-refractivity contribution < 1.29 is 4.39 Å². The van der Waals surface area contributed by atoms with Crippen LogP contribution >= 0.6 is 27.3 Å². The minimum Gasteiger partial charge on any atom is -0.206 e. The molecule has 0 saturated carbocycles. The Morgan fingerprint density at radius 1 is 1.46 bits per heavy atom. The highest BCUT2D eigenvalue weighted by Gasteiger charge is 2.08. The lowest BCUT2D eigenvalue weighted by Gasteiger charge is -1.92. The number of thiophene rings is 1. The minimum atomic E-state index is -0.282. The number of halogens is 2. The lowest BCUT2D eigenvalue weighted by molar-refractivity contribution is 0.640. The Labute approximate surface area is 86.5 Å². The van der Waals surface area contributed by atoms with E-state index in [2.05, 4.69) is 15.9 Å². The molecule has 0 unspecified atom stereocenters. The van der Waals surface area contributed by atoms with Crippen LogP contribution in [0, 0.1) is 17.1 Å². The summed E-state index contributed by atoms with van der Waals surface area (Å²) in [6.45, 7) is 0. The van der Waals surface area contributed by atoms with Crippen molar-refractivity contribution in [3.8, 4) is 6.07 Å². The summed E-state index contributed by atoms with van der Waals surface area (Å²) < 4.78 is 14.7. The lowest BCUT2D eigenvalue weighted by atomic mass is 10.2. The van der Waals surface area contributed by atoms with Gasteiger partial charge in [0.15, 0.2) is 0 Å². The van der Waals surface area contributed by atoms with Gasteiger partial charge in [-0.15, -0.1) is 11.3 Å². The Bertz CT molecular complexity index is 512. The lowest BCUT2D eigenvalue weighted by Crippen LogP contribution is -1.78. The maximum atomic E-state index is 13.2. The van der Waals surface area contributed by atoms with E-state index in [1.54, 1.807) is 6.07 Å². The van der Waals surface area contributed by atoms with Gasteiger partial charge in [-0.25, -0.2) is 4.39 Å². The third-order valence-electron chi connectivity index (χ3n) is 1.72. The van der Waals surface area contributed by atoms with Gasteiger partial charge in [-0.1, -0.05) is 0 Å². The minimum absolute atomic E-state index is 0.282. The molecule has 0 aliphatic heterocycles. The molecule has 0 amide bonds. The highest BCUT2D eigenvalue weighted by Crippen LogP contribution is 2.33. The fourth-order valence-corrected chi connectivity index (χ4v) is 2.72. The Hall–Kier alpha value is -0.920. The quantitative estimate of drug-likeness (QED) is 0.705. The van der Waals surface area contributed by atoms with E-state index in [1.807, 2.05) is 6.07 Å². The molecule has 0 bridgehead atoms. The fourth-order valence-electron chi connectivity index (χ4n) is 1.15. The molecule has 1 aromatic heterocycles. The highest BCUT2D eigenvalue weighted by atomic mass is 79.9. The van der Waals surface area contributed by atoms with E-state index >= 15 is 0 Å². The van der Waals surface area contributed by atoms with Crippen molar-refractivity contribution in [3.63, 3.8) is 0 Å². The normalized spacial score (nSPS) is 10.2. The third kappa shape index (κ3) is 1.34.